The molecule has 3 aromatic rings. The Morgan fingerprint density at radius 2 is 1.56 bits per heavy atom. The minimum Gasteiger partial charge on any atom is -0.368 e. The van der Waals surface area contributed by atoms with Crippen LogP contribution in [-0.2, 0) is 14.8 Å². The molecule has 3 N–H and O–H groups in total. The standard InChI is InChI=1S/C22H19F2N3O4S/c1-27(20(21(25)28)15-3-2-4-17(24)13-15)22(29)14-5-9-18(10-6-14)26-32(30,31)19-11-7-16(23)8-12-19/h2-13,20,26H,1H3,(H2,25,28). The number of benzene rings is 3. The number of nitrogens with zero attached hydrogens (tertiary/aromatic N) is 1. The first-order chi connectivity index (χ1) is 15.1. The van der Waals surface area contributed by atoms with E-state index in [9.17, 15) is 26.8 Å². The van der Waals surface area contributed by atoms with Crippen LogP contribution in [0.4, 0.5) is 14.5 Å². The number of hydrogen-bond acceptors (Lipinski definition) is 4. The Morgan fingerprint density at radius 3 is 2.12 bits per heavy atom. The molecule has 0 fully saturated rings. The summed E-state index contributed by atoms with van der Waals surface area (Å²) in [5, 5.41) is 0. The molecular weight excluding hydrogens is 440 g/mol. The van der Waals surface area contributed by atoms with E-state index in [0.29, 0.717) is 0 Å². The molecule has 0 bridgehead atoms. The second-order valence-electron chi connectivity index (χ2n) is 6.91. The van der Waals surface area contributed by atoms with Crippen LogP contribution in [0.2, 0.25) is 0 Å². The molecule has 7 nitrogen and oxygen atoms in total. The van der Waals surface area contributed by atoms with E-state index < -0.39 is 39.5 Å². The SMILES string of the molecule is CN(C(=O)c1ccc(NS(=O)(=O)c2ccc(F)cc2)cc1)C(C(N)=O)c1cccc(F)c1. The molecule has 0 radical (unpaired) electrons. The van der Waals surface area contributed by atoms with Crippen LogP contribution in [0.5, 0.6) is 0 Å². The number of hydrogen-bond donors (Lipinski definition) is 2. The number of primary amides is 1. The molecule has 0 aliphatic heterocycles. The first-order valence-corrected chi connectivity index (χ1v) is 10.8. The molecule has 1 unspecified atom stereocenters. The van der Waals surface area contributed by atoms with Crippen molar-refractivity contribution >= 4 is 27.5 Å². The van der Waals surface area contributed by atoms with E-state index in [0.717, 1.165) is 35.2 Å². The predicted molar refractivity (Wildman–Crippen MR) is 114 cm³/mol. The van der Waals surface area contributed by atoms with Crippen LogP contribution >= 0.6 is 0 Å². The molecule has 0 spiro atoms. The highest BCUT2D eigenvalue weighted by Gasteiger charge is 2.28. The van der Waals surface area contributed by atoms with Crippen molar-refractivity contribution in [2.75, 3.05) is 11.8 Å². The Bertz CT molecular complexity index is 1250. The monoisotopic (exact) mass is 459 g/mol. The van der Waals surface area contributed by atoms with Crippen LogP contribution in [0.3, 0.4) is 0 Å². The summed E-state index contributed by atoms with van der Waals surface area (Å²) in [5.41, 5.74) is 5.98. The maximum Gasteiger partial charge on any atom is 0.261 e. The summed E-state index contributed by atoms with van der Waals surface area (Å²) in [4.78, 5) is 25.8. The third kappa shape index (κ3) is 5.09. The van der Waals surface area contributed by atoms with Crippen LogP contribution < -0.4 is 10.5 Å². The first-order valence-electron chi connectivity index (χ1n) is 9.29. The average Bonchev–Trinajstić information content (AvgIpc) is 2.73. The minimum atomic E-state index is -3.95. The van der Waals surface area contributed by atoms with Gasteiger partial charge in [-0.2, -0.15) is 0 Å². The number of carbonyl (C=O) groups excluding carboxylic acids is 2. The second kappa shape index (κ2) is 9.15. The molecule has 0 saturated carbocycles. The second-order valence-corrected chi connectivity index (χ2v) is 8.60. The highest BCUT2D eigenvalue weighted by Crippen LogP contribution is 2.23. The van der Waals surface area contributed by atoms with Gasteiger partial charge in [0.1, 0.15) is 17.7 Å². The van der Waals surface area contributed by atoms with E-state index in [2.05, 4.69) is 4.72 Å². The lowest BCUT2D eigenvalue weighted by molar-refractivity contribution is -0.122. The number of carbonyl (C=O) groups is 2. The molecule has 32 heavy (non-hydrogen) atoms. The van der Waals surface area contributed by atoms with Gasteiger partial charge in [0.25, 0.3) is 15.9 Å². The van der Waals surface area contributed by atoms with Crippen LogP contribution in [0, 0.1) is 11.6 Å². The molecule has 0 heterocycles. The van der Waals surface area contributed by atoms with Crippen molar-refractivity contribution in [1.82, 2.24) is 4.90 Å². The molecule has 2 amide bonds. The van der Waals surface area contributed by atoms with Gasteiger partial charge in [-0.1, -0.05) is 12.1 Å². The molecule has 10 heteroatoms. The Kier molecular flexibility index (Phi) is 6.54. The topological polar surface area (TPSA) is 110 Å². The van der Waals surface area contributed by atoms with Gasteiger partial charge < -0.3 is 10.6 Å². The van der Waals surface area contributed by atoms with Crippen LogP contribution in [0.25, 0.3) is 0 Å². The first kappa shape index (κ1) is 22.9. The lowest BCUT2D eigenvalue weighted by atomic mass is 10.0. The molecule has 3 aromatic carbocycles. The zero-order valence-corrected chi connectivity index (χ0v) is 17.6. The summed E-state index contributed by atoms with van der Waals surface area (Å²) in [5.74, 6) is -2.56. The zero-order valence-electron chi connectivity index (χ0n) is 16.8. The van der Waals surface area contributed by atoms with Gasteiger partial charge in [-0.25, -0.2) is 17.2 Å². The lowest BCUT2D eigenvalue weighted by Gasteiger charge is -2.26. The van der Waals surface area contributed by atoms with Gasteiger partial charge in [0.15, 0.2) is 0 Å². The fraction of sp³-hybridized carbons (Fsp3) is 0.0909. The van der Waals surface area contributed by atoms with Gasteiger partial charge in [-0.05, 0) is 66.2 Å². The number of halogens is 2. The van der Waals surface area contributed by atoms with E-state index in [4.69, 9.17) is 5.73 Å². The molecule has 1 atom stereocenters. The summed E-state index contributed by atoms with van der Waals surface area (Å²) in [6.07, 6.45) is 0. The van der Waals surface area contributed by atoms with Gasteiger partial charge in [0, 0.05) is 18.3 Å². The zero-order chi connectivity index (χ0) is 23.5. The van der Waals surface area contributed by atoms with Crippen molar-refractivity contribution in [3.8, 4) is 0 Å². The lowest BCUT2D eigenvalue weighted by Crippen LogP contribution is -2.39. The summed E-state index contributed by atoms with van der Waals surface area (Å²) in [6.45, 7) is 0. The maximum atomic E-state index is 13.6. The molecule has 0 aliphatic carbocycles. The van der Waals surface area contributed by atoms with Crippen molar-refractivity contribution in [2.24, 2.45) is 5.73 Å². The van der Waals surface area contributed by atoms with E-state index in [1.807, 2.05) is 0 Å². The smallest absolute Gasteiger partial charge is 0.261 e. The van der Waals surface area contributed by atoms with Crippen LogP contribution in [-0.4, -0.2) is 32.2 Å². The van der Waals surface area contributed by atoms with Crippen molar-refractivity contribution in [3.05, 3.63) is 95.6 Å². The predicted octanol–water partition coefficient (Wildman–Crippen LogP) is 3.06. The quantitative estimate of drug-likeness (QED) is 0.566. The van der Waals surface area contributed by atoms with Gasteiger partial charge in [-0.3, -0.25) is 14.3 Å². The molecule has 166 valence electrons. The largest absolute Gasteiger partial charge is 0.368 e. The third-order valence-electron chi connectivity index (χ3n) is 4.65. The Balaban J connectivity index is 1.79. The molecular formula is C22H19F2N3O4S. The molecule has 3 rings (SSSR count). The van der Waals surface area contributed by atoms with Crippen molar-refractivity contribution < 1.29 is 26.8 Å². The third-order valence-corrected chi connectivity index (χ3v) is 6.05. The number of anilines is 1. The van der Waals surface area contributed by atoms with Gasteiger partial charge in [-0.15, -0.1) is 0 Å². The van der Waals surface area contributed by atoms with Gasteiger partial charge >= 0.3 is 0 Å². The molecule has 0 aromatic heterocycles. The highest BCUT2D eigenvalue weighted by atomic mass is 32.2. The summed E-state index contributed by atoms with van der Waals surface area (Å²) < 4.78 is 53.7. The number of sulfonamides is 1. The van der Waals surface area contributed by atoms with Gasteiger partial charge in [0.05, 0.1) is 4.90 Å². The number of likely N-dealkylation sites (N-methyl/N-ethyl adjacent to an activating group) is 1. The Labute approximate surface area is 183 Å². The van der Waals surface area contributed by atoms with E-state index >= 15 is 0 Å². The van der Waals surface area contributed by atoms with E-state index in [1.54, 1.807) is 0 Å². The van der Waals surface area contributed by atoms with E-state index in [1.165, 1.54) is 49.5 Å². The Morgan fingerprint density at radius 1 is 0.938 bits per heavy atom. The maximum absolute atomic E-state index is 13.6. The fourth-order valence-electron chi connectivity index (χ4n) is 3.08. The number of amides is 2. The number of nitrogens with two attached hydrogens (primary N) is 1. The minimum absolute atomic E-state index is 0.127. The summed E-state index contributed by atoms with van der Waals surface area (Å²) >= 11 is 0. The fourth-order valence-corrected chi connectivity index (χ4v) is 4.14. The normalized spacial score (nSPS) is 12.1. The summed E-state index contributed by atoms with van der Waals surface area (Å²) in [7, 11) is -2.60. The van der Waals surface area contributed by atoms with E-state index in [-0.39, 0.29) is 21.7 Å². The van der Waals surface area contributed by atoms with Crippen molar-refractivity contribution in [1.29, 1.82) is 0 Å². The Hall–Kier alpha value is -3.79. The van der Waals surface area contributed by atoms with Crippen LogP contribution in [0.1, 0.15) is 22.0 Å². The molecule has 0 saturated heterocycles. The van der Waals surface area contributed by atoms with Gasteiger partial charge in [0.2, 0.25) is 5.91 Å². The van der Waals surface area contributed by atoms with Crippen molar-refractivity contribution in [2.45, 2.75) is 10.9 Å². The van der Waals surface area contributed by atoms with Crippen LogP contribution in [0.15, 0.2) is 77.7 Å². The average molecular weight is 459 g/mol. The highest BCUT2D eigenvalue weighted by molar-refractivity contribution is 7.92. The molecule has 0 aliphatic rings. The number of rotatable bonds is 7. The van der Waals surface area contributed by atoms with Crippen molar-refractivity contribution in [3.63, 3.8) is 0 Å². The number of nitrogens with one attached hydrogen (secondary N) is 1. The summed E-state index contributed by atoms with van der Waals surface area (Å²) in [6, 6.07) is 13.8.